The average Bonchev–Trinajstić information content (AvgIpc) is 3.54. The van der Waals surface area contributed by atoms with Crippen LogP contribution >= 0.6 is 27.5 Å². The fraction of sp³-hybridized carbons (Fsp3) is 0.143. The summed E-state index contributed by atoms with van der Waals surface area (Å²) in [5.74, 6) is -0.635. The summed E-state index contributed by atoms with van der Waals surface area (Å²) in [6.07, 6.45) is 1.67. The predicted octanol–water partition coefficient (Wildman–Crippen LogP) is 4.52. The molecule has 9 nitrogen and oxygen atoms in total. The fourth-order valence-corrected chi connectivity index (χ4v) is 5.28. The van der Waals surface area contributed by atoms with E-state index >= 15 is 0 Å². The van der Waals surface area contributed by atoms with Crippen LogP contribution in [0.15, 0.2) is 82.2 Å². The number of carbonyl (C=O) groups excluding carboxylic acids is 2. The van der Waals surface area contributed by atoms with Gasteiger partial charge in [-0.25, -0.2) is 4.79 Å². The Hall–Kier alpha value is -4.15. The van der Waals surface area contributed by atoms with Gasteiger partial charge in [0.2, 0.25) is 0 Å². The molecule has 2 aromatic heterocycles. The Bertz CT molecular complexity index is 1790. The molecule has 39 heavy (non-hydrogen) atoms. The summed E-state index contributed by atoms with van der Waals surface area (Å²) < 4.78 is 3.69. The number of hydrogen-bond acceptors (Lipinski definition) is 4. The molecule has 11 heteroatoms. The summed E-state index contributed by atoms with van der Waals surface area (Å²) in [4.78, 5) is 42.4. The molecule has 0 bridgehead atoms. The van der Waals surface area contributed by atoms with E-state index in [0.29, 0.717) is 39.5 Å². The highest BCUT2D eigenvalue weighted by Crippen LogP contribution is 2.26. The summed E-state index contributed by atoms with van der Waals surface area (Å²) in [5.41, 5.74) is 3.05. The number of amides is 2. The van der Waals surface area contributed by atoms with Gasteiger partial charge in [-0.2, -0.15) is 5.10 Å². The Morgan fingerprint density at radius 1 is 1.05 bits per heavy atom. The fourth-order valence-electron chi connectivity index (χ4n) is 4.85. The van der Waals surface area contributed by atoms with Crippen LogP contribution in [-0.4, -0.2) is 42.6 Å². The van der Waals surface area contributed by atoms with Crippen molar-refractivity contribution < 1.29 is 9.59 Å². The summed E-state index contributed by atoms with van der Waals surface area (Å²) in [6.45, 7) is 0.954. The molecule has 0 unspecified atom stereocenters. The van der Waals surface area contributed by atoms with Gasteiger partial charge in [0.05, 0.1) is 34.7 Å². The number of rotatable bonds is 5. The van der Waals surface area contributed by atoms with Crippen molar-refractivity contribution in [2.75, 3.05) is 6.54 Å². The van der Waals surface area contributed by atoms with Crippen LogP contribution in [0.1, 0.15) is 32.1 Å². The van der Waals surface area contributed by atoms with Gasteiger partial charge in [0, 0.05) is 35.1 Å². The Morgan fingerprint density at radius 3 is 2.67 bits per heavy atom. The predicted molar refractivity (Wildman–Crippen MR) is 151 cm³/mol. The molecule has 196 valence electrons. The van der Waals surface area contributed by atoms with Crippen molar-refractivity contribution in [3.63, 3.8) is 0 Å². The van der Waals surface area contributed by atoms with Crippen molar-refractivity contribution in [1.29, 1.82) is 0 Å². The molecule has 3 aromatic carbocycles. The van der Waals surface area contributed by atoms with E-state index in [1.807, 2.05) is 42.5 Å². The highest BCUT2D eigenvalue weighted by molar-refractivity contribution is 9.10. The maximum Gasteiger partial charge on any atom is 0.333 e. The molecule has 0 aliphatic carbocycles. The molecule has 0 saturated heterocycles. The summed E-state index contributed by atoms with van der Waals surface area (Å²) in [7, 11) is 0. The minimum atomic E-state index is -0.405. The Labute approximate surface area is 236 Å². The third-order valence-corrected chi connectivity index (χ3v) is 8.06. The number of aromatic nitrogens is 4. The van der Waals surface area contributed by atoms with Crippen molar-refractivity contribution in [2.45, 2.75) is 19.6 Å². The highest BCUT2D eigenvalue weighted by Gasteiger charge is 2.32. The number of halogens is 2. The van der Waals surface area contributed by atoms with Crippen LogP contribution in [0, 0.1) is 0 Å². The SMILES string of the molecule is O=C(NCc1ccccc1)c1c2n(c(=O)n1-c1ccc3[nH]ncc3c1)CCN(C(=O)c1ccc(Br)c(Cl)c1)C2. The molecule has 1 aliphatic heterocycles. The number of hydrogen-bond donors (Lipinski definition) is 2. The second kappa shape index (κ2) is 10.2. The van der Waals surface area contributed by atoms with Crippen molar-refractivity contribution >= 4 is 50.2 Å². The molecule has 0 atom stereocenters. The van der Waals surface area contributed by atoms with Crippen molar-refractivity contribution in [1.82, 2.24) is 29.5 Å². The van der Waals surface area contributed by atoms with Crippen LogP contribution in [0.3, 0.4) is 0 Å². The number of nitrogens with zero attached hydrogens (tertiary/aromatic N) is 4. The molecular formula is C28H22BrClN6O3. The molecule has 3 heterocycles. The third-order valence-electron chi connectivity index (χ3n) is 6.83. The molecule has 1 aliphatic rings. The van der Waals surface area contributed by atoms with Gasteiger partial charge in [-0.1, -0.05) is 41.9 Å². The van der Waals surface area contributed by atoms with Crippen LogP contribution in [0.2, 0.25) is 5.02 Å². The first-order valence-electron chi connectivity index (χ1n) is 12.2. The van der Waals surface area contributed by atoms with E-state index in [1.165, 1.54) is 4.57 Å². The molecule has 0 fully saturated rings. The van der Waals surface area contributed by atoms with Gasteiger partial charge in [0.25, 0.3) is 11.8 Å². The zero-order valence-electron chi connectivity index (χ0n) is 20.5. The number of carbonyl (C=O) groups is 2. The van der Waals surface area contributed by atoms with Crippen molar-refractivity contribution in [3.8, 4) is 5.69 Å². The Balaban J connectivity index is 1.41. The zero-order valence-corrected chi connectivity index (χ0v) is 22.9. The van der Waals surface area contributed by atoms with E-state index in [4.69, 9.17) is 11.6 Å². The number of H-pyrrole nitrogens is 1. The first kappa shape index (κ1) is 25.1. The normalized spacial score (nSPS) is 12.9. The zero-order chi connectivity index (χ0) is 27.1. The minimum Gasteiger partial charge on any atom is -0.347 e. The molecule has 2 amide bonds. The molecular weight excluding hydrogens is 584 g/mol. The molecule has 6 rings (SSSR count). The number of imidazole rings is 1. The molecule has 0 spiro atoms. The quantitative estimate of drug-likeness (QED) is 0.307. The van der Waals surface area contributed by atoms with Crippen LogP contribution in [0.5, 0.6) is 0 Å². The molecule has 0 saturated carbocycles. The van der Waals surface area contributed by atoms with Gasteiger partial charge in [-0.3, -0.25) is 23.8 Å². The Kier molecular flexibility index (Phi) is 6.58. The van der Waals surface area contributed by atoms with E-state index in [2.05, 4.69) is 31.4 Å². The maximum absolute atomic E-state index is 13.7. The smallest absolute Gasteiger partial charge is 0.333 e. The lowest BCUT2D eigenvalue weighted by Crippen LogP contribution is -2.41. The van der Waals surface area contributed by atoms with Gasteiger partial charge in [-0.15, -0.1) is 0 Å². The summed E-state index contributed by atoms with van der Waals surface area (Å²) in [5, 5.41) is 11.2. The topological polar surface area (TPSA) is 105 Å². The van der Waals surface area contributed by atoms with Crippen LogP contribution < -0.4 is 11.0 Å². The second-order valence-corrected chi connectivity index (χ2v) is 10.5. The van der Waals surface area contributed by atoms with Crippen LogP contribution in [-0.2, 0) is 19.6 Å². The second-order valence-electron chi connectivity index (χ2n) is 9.23. The average molecular weight is 606 g/mol. The van der Waals surface area contributed by atoms with Gasteiger partial charge in [0.1, 0.15) is 5.69 Å². The lowest BCUT2D eigenvalue weighted by atomic mass is 10.1. The number of aromatic amines is 1. The standard InChI is InChI=1S/C28H22BrClN6O3/c29-21-8-6-18(13-22(21)30)27(38)34-10-11-35-24(16-34)25(26(37)31-14-17-4-2-1-3-5-17)36(28(35)39)20-7-9-23-19(12-20)15-32-33-23/h1-9,12-13,15H,10-11,14,16H2,(H,31,37)(H,32,33). The van der Waals surface area contributed by atoms with E-state index in [1.54, 1.807) is 39.9 Å². The van der Waals surface area contributed by atoms with E-state index in [-0.39, 0.29) is 30.4 Å². The lowest BCUT2D eigenvalue weighted by Gasteiger charge is -2.28. The lowest BCUT2D eigenvalue weighted by molar-refractivity contribution is 0.0706. The summed E-state index contributed by atoms with van der Waals surface area (Å²) >= 11 is 9.58. The molecule has 2 N–H and O–H groups in total. The maximum atomic E-state index is 13.7. The summed E-state index contributed by atoms with van der Waals surface area (Å²) in [6, 6.07) is 20.0. The number of nitrogens with one attached hydrogen (secondary N) is 2. The number of fused-ring (bicyclic) bond motifs is 2. The van der Waals surface area contributed by atoms with Crippen molar-refractivity contribution in [3.05, 3.63) is 115 Å². The van der Waals surface area contributed by atoms with Gasteiger partial charge in [0.15, 0.2) is 0 Å². The van der Waals surface area contributed by atoms with Gasteiger partial charge in [-0.05, 0) is 57.9 Å². The van der Waals surface area contributed by atoms with Gasteiger partial charge >= 0.3 is 5.69 Å². The van der Waals surface area contributed by atoms with E-state index in [9.17, 15) is 14.4 Å². The minimum absolute atomic E-state index is 0.0940. The van der Waals surface area contributed by atoms with E-state index in [0.717, 1.165) is 16.5 Å². The monoisotopic (exact) mass is 604 g/mol. The first-order chi connectivity index (χ1) is 18.9. The third kappa shape index (κ3) is 4.66. The van der Waals surface area contributed by atoms with Gasteiger partial charge < -0.3 is 10.2 Å². The van der Waals surface area contributed by atoms with Crippen LogP contribution in [0.25, 0.3) is 16.6 Å². The largest absolute Gasteiger partial charge is 0.347 e. The molecule has 0 radical (unpaired) electrons. The van der Waals surface area contributed by atoms with Crippen LogP contribution in [0.4, 0.5) is 0 Å². The van der Waals surface area contributed by atoms with E-state index < -0.39 is 5.91 Å². The molecule has 5 aromatic rings. The first-order valence-corrected chi connectivity index (χ1v) is 13.4. The number of benzene rings is 3. The highest BCUT2D eigenvalue weighted by atomic mass is 79.9. The Morgan fingerprint density at radius 2 is 1.87 bits per heavy atom. The van der Waals surface area contributed by atoms with Crippen molar-refractivity contribution in [2.24, 2.45) is 0 Å².